The number of hydrogen-bond donors (Lipinski definition) is 1. The zero-order valence-electron chi connectivity index (χ0n) is 19.5. The van der Waals surface area contributed by atoms with Gasteiger partial charge in [-0.25, -0.2) is 9.40 Å². The van der Waals surface area contributed by atoms with Crippen molar-refractivity contribution in [2.24, 2.45) is 11.0 Å². The molecule has 0 bridgehead atoms. The van der Waals surface area contributed by atoms with Gasteiger partial charge in [0.1, 0.15) is 12.4 Å². The standard InChI is InChI=1S/C27H31ClFN3O2/c1-19(21-9-11-23(28)12-10-21)31-32(26(34)15-20-7-8-20)17-25(33)30-18-27(13-2-3-14-27)22-5-4-6-24(29)16-22/h4-6,9-12,16,20H,2-3,7-8,13-15,17-18H2,1H3,(H,30,33)/b31-19+. The van der Waals surface area contributed by atoms with E-state index in [-0.39, 0.29) is 29.6 Å². The predicted molar refractivity (Wildman–Crippen MR) is 132 cm³/mol. The number of hydrazone groups is 1. The molecule has 0 spiro atoms. The highest BCUT2D eigenvalue weighted by Gasteiger charge is 2.36. The number of carbonyl (C=O) groups excluding carboxylic acids is 2. The summed E-state index contributed by atoms with van der Waals surface area (Å²) in [6.07, 6.45) is 6.37. The Morgan fingerprint density at radius 2 is 1.85 bits per heavy atom. The van der Waals surface area contributed by atoms with Crippen molar-refractivity contribution in [3.05, 3.63) is 70.5 Å². The summed E-state index contributed by atoms with van der Waals surface area (Å²) in [5.74, 6) is -0.288. The Balaban J connectivity index is 1.46. The number of amides is 2. The monoisotopic (exact) mass is 483 g/mol. The molecule has 0 unspecified atom stereocenters. The van der Waals surface area contributed by atoms with E-state index in [9.17, 15) is 14.0 Å². The lowest BCUT2D eigenvalue weighted by Crippen LogP contribution is -2.44. The van der Waals surface area contributed by atoms with Gasteiger partial charge in [-0.05, 0) is 73.9 Å². The Morgan fingerprint density at radius 3 is 2.50 bits per heavy atom. The van der Waals surface area contributed by atoms with E-state index in [1.54, 1.807) is 24.3 Å². The van der Waals surface area contributed by atoms with Crippen LogP contribution in [0.4, 0.5) is 4.39 Å². The molecular formula is C27H31ClFN3O2. The third-order valence-corrected chi connectivity index (χ3v) is 7.15. The van der Waals surface area contributed by atoms with Crippen LogP contribution in [-0.4, -0.2) is 35.6 Å². The van der Waals surface area contributed by atoms with E-state index in [0.29, 0.717) is 29.6 Å². The molecule has 2 saturated carbocycles. The topological polar surface area (TPSA) is 61.8 Å². The highest BCUT2D eigenvalue weighted by Crippen LogP contribution is 2.40. The van der Waals surface area contributed by atoms with E-state index in [1.165, 1.54) is 11.1 Å². The zero-order chi connectivity index (χ0) is 24.1. The van der Waals surface area contributed by atoms with Gasteiger partial charge in [-0.1, -0.05) is 48.7 Å². The van der Waals surface area contributed by atoms with Crippen LogP contribution in [0.1, 0.15) is 63.0 Å². The van der Waals surface area contributed by atoms with E-state index in [4.69, 9.17) is 11.6 Å². The summed E-state index contributed by atoms with van der Waals surface area (Å²) in [6, 6.07) is 13.9. The highest BCUT2D eigenvalue weighted by molar-refractivity contribution is 6.30. The minimum atomic E-state index is -0.275. The van der Waals surface area contributed by atoms with Crippen molar-refractivity contribution in [2.75, 3.05) is 13.1 Å². The molecule has 0 radical (unpaired) electrons. The first-order valence-electron chi connectivity index (χ1n) is 12.0. The van der Waals surface area contributed by atoms with Gasteiger partial charge in [0.05, 0.1) is 5.71 Å². The van der Waals surface area contributed by atoms with Gasteiger partial charge in [-0.2, -0.15) is 5.10 Å². The second kappa shape index (κ2) is 10.7. The summed E-state index contributed by atoms with van der Waals surface area (Å²) in [7, 11) is 0. The maximum Gasteiger partial charge on any atom is 0.243 e. The van der Waals surface area contributed by atoms with Crippen LogP contribution < -0.4 is 5.32 Å². The van der Waals surface area contributed by atoms with Crippen molar-refractivity contribution in [1.29, 1.82) is 0 Å². The Morgan fingerprint density at radius 1 is 1.15 bits per heavy atom. The lowest BCUT2D eigenvalue weighted by Gasteiger charge is -2.30. The van der Waals surface area contributed by atoms with Gasteiger partial charge in [0, 0.05) is 23.4 Å². The number of nitrogens with one attached hydrogen (secondary N) is 1. The van der Waals surface area contributed by atoms with Crippen LogP contribution in [0.2, 0.25) is 5.02 Å². The number of rotatable bonds is 9. The van der Waals surface area contributed by atoms with E-state index in [1.807, 2.05) is 25.1 Å². The van der Waals surface area contributed by atoms with Crippen molar-refractivity contribution in [2.45, 2.75) is 57.3 Å². The molecule has 5 nitrogen and oxygen atoms in total. The maximum atomic E-state index is 13.9. The Hall–Kier alpha value is -2.73. The second-order valence-corrected chi connectivity index (χ2v) is 10.0. The van der Waals surface area contributed by atoms with Crippen LogP contribution in [-0.2, 0) is 15.0 Å². The summed E-state index contributed by atoms with van der Waals surface area (Å²) in [6.45, 7) is 2.09. The molecule has 1 N–H and O–H groups in total. The van der Waals surface area contributed by atoms with Crippen molar-refractivity contribution >= 4 is 29.1 Å². The minimum absolute atomic E-state index is 0.143. The zero-order valence-corrected chi connectivity index (χ0v) is 20.3. The molecule has 2 aliphatic rings. The number of nitrogens with zero attached hydrogens (tertiary/aromatic N) is 2. The Bertz CT molecular complexity index is 1060. The summed E-state index contributed by atoms with van der Waals surface area (Å²) < 4.78 is 13.9. The highest BCUT2D eigenvalue weighted by atomic mass is 35.5. The predicted octanol–water partition coefficient (Wildman–Crippen LogP) is 5.46. The van der Waals surface area contributed by atoms with E-state index in [0.717, 1.165) is 49.7 Å². The summed E-state index contributed by atoms with van der Waals surface area (Å²) in [4.78, 5) is 25.9. The molecule has 2 amide bonds. The van der Waals surface area contributed by atoms with Crippen LogP contribution in [0.25, 0.3) is 0 Å². The largest absolute Gasteiger partial charge is 0.354 e. The number of halogens is 2. The van der Waals surface area contributed by atoms with E-state index in [2.05, 4.69) is 10.4 Å². The van der Waals surface area contributed by atoms with Crippen molar-refractivity contribution in [1.82, 2.24) is 10.3 Å². The molecule has 0 saturated heterocycles. The van der Waals surface area contributed by atoms with Crippen LogP contribution >= 0.6 is 11.6 Å². The summed E-state index contributed by atoms with van der Waals surface area (Å²) in [5, 5.41) is 9.44. The third kappa shape index (κ3) is 6.23. The number of carbonyl (C=O) groups is 2. The molecule has 180 valence electrons. The molecule has 2 fully saturated rings. The fourth-order valence-corrected chi connectivity index (χ4v) is 4.81. The maximum absolute atomic E-state index is 13.9. The lowest BCUT2D eigenvalue weighted by atomic mass is 9.78. The fraction of sp³-hybridized carbons (Fsp3) is 0.444. The molecule has 2 aliphatic carbocycles. The Labute approximate surface area is 205 Å². The molecule has 2 aromatic carbocycles. The van der Waals surface area contributed by atoms with E-state index >= 15 is 0 Å². The molecular weight excluding hydrogens is 453 g/mol. The molecule has 0 atom stereocenters. The fourth-order valence-electron chi connectivity index (χ4n) is 4.68. The van der Waals surface area contributed by atoms with Gasteiger partial charge in [0.25, 0.3) is 0 Å². The first-order chi connectivity index (χ1) is 16.3. The molecule has 4 rings (SSSR count). The van der Waals surface area contributed by atoms with Crippen molar-refractivity contribution < 1.29 is 14.0 Å². The first kappa shape index (κ1) is 24.4. The molecule has 7 heteroatoms. The molecule has 0 aromatic heterocycles. The van der Waals surface area contributed by atoms with Gasteiger partial charge in [-0.15, -0.1) is 0 Å². The van der Waals surface area contributed by atoms with E-state index < -0.39 is 0 Å². The lowest BCUT2D eigenvalue weighted by molar-refractivity contribution is -0.136. The molecule has 2 aromatic rings. The van der Waals surface area contributed by atoms with Crippen LogP contribution in [0.5, 0.6) is 0 Å². The van der Waals surface area contributed by atoms with Crippen molar-refractivity contribution in [3.63, 3.8) is 0 Å². The average Bonchev–Trinajstić information content (AvgIpc) is 3.50. The summed E-state index contributed by atoms with van der Waals surface area (Å²) >= 11 is 5.98. The third-order valence-electron chi connectivity index (χ3n) is 6.90. The Kier molecular flexibility index (Phi) is 7.67. The van der Waals surface area contributed by atoms with Gasteiger partial charge < -0.3 is 5.32 Å². The average molecular weight is 484 g/mol. The molecule has 0 aliphatic heterocycles. The van der Waals surface area contributed by atoms with Gasteiger partial charge in [-0.3, -0.25) is 9.59 Å². The van der Waals surface area contributed by atoms with Gasteiger partial charge >= 0.3 is 0 Å². The minimum Gasteiger partial charge on any atom is -0.354 e. The SMILES string of the molecule is C/C(=N\N(CC(=O)NCC1(c2cccc(F)c2)CCCC1)C(=O)CC1CC1)c1ccc(Cl)cc1. The molecule has 34 heavy (non-hydrogen) atoms. The second-order valence-electron chi connectivity index (χ2n) is 9.57. The molecule has 0 heterocycles. The van der Waals surface area contributed by atoms with Crippen LogP contribution in [0.3, 0.4) is 0 Å². The van der Waals surface area contributed by atoms with Crippen LogP contribution in [0, 0.1) is 11.7 Å². The van der Waals surface area contributed by atoms with Crippen LogP contribution in [0.15, 0.2) is 53.6 Å². The van der Waals surface area contributed by atoms with Gasteiger partial charge in [0.2, 0.25) is 11.8 Å². The summed E-state index contributed by atoms with van der Waals surface area (Å²) in [5.41, 5.74) is 2.12. The normalized spacial score (nSPS) is 17.4. The van der Waals surface area contributed by atoms with Gasteiger partial charge in [0.15, 0.2) is 0 Å². The quantitative estimate of drug-likeness (QED) is 0.380. The number of hydrogen-bond acceptors (Lipinski definition) is 3. The first-order valence-corrected chi connectivity index (χ1v) is 12.4. The number of benzene rings is 2. The smallest absolute Gasteiger partial charge is 0.243 e. The van der Waals surface area contributed by atoms with Crippen molar-refractivity contribution in [3.8, 4) is 0 Å².